The lowest BCUT2D eigenvalue weighted by atomic mass is 10.2. The number of rotatable bonds is 10. The van der Waals surface area contributed by atoms with E-state index in [1.165, 1.54) is 0 Å². The molecule has 1 aromatic rings. The molecule has 0 spiro atoms. The van der Waals surface area contributed by atoms with Crippen LogP contribution in [0.4, 0.5) is 0 Å². The fraction of sp³-hybridized carbons (Fsp3) is 0.611. The van der Waals surface area contributed by atoms with E-state index in [0.717, 1.165) is 44.3 Å². The van der Waals surface area contributed by atoms with Crippen molar-refractivity contribution < 1.29 is 13.2 Å². The molecule has 0 heterocycles. The van der Waals surface area contributed by atoms with E-state index < -0.39 is 9.84 Å². The largest absolute Gasteiger partial charge is 0.343 e. The summed E-state index contributed by atoms with van der Waals surface area (Å²) in [6.07, 6.45) is 4.03. The van der Waals surface area contributed by atoms with E-state index in [2.05, 4.69) is 13.8 Å². The Hall–Kier alpha value is -1.36. The molecule has 0 saturated carbocycles. The molecule has 130 valence electrons. The van der Waals surface area contributed by atoms with Gasteiger partial charge < -0.3 is 4.90 Å². The van der Waals surface area contributed by atoms with E-state index >= 15 is 0 Å². The van der Waals surface area contributed by atoms with E-state index in [4.69, 9.17) is 0 Å². The van der Waals surface area contributed by atoms with Crippen LogP contribution in [0.1, 0.15) is 51.5 Å². The first-order valence-corrected chi connectivity index (χ1v) is 10.1. The van der Waals surface area contributed by atoms with Crippen LogP contribution in [0.3, 0.4) is 0 Å². The molecule has 1 rings (SSSR count). The first-order chi connectivity index (χ1) is 10.9. The van der Waals surface area contributed by atoms with Crippen LogP contribution in [0.25, 0.3) is 0 Å². The van der Waals surface area contributed by atoms with Gasteiger partial charge in [0.1, 0.15) is 0 Å². The average Bonchev–Trinajstić information content (AvgIpc) is 2.53. The molecule has 0 aromatic heterocycles. The highest BCUT2D eigenvalue weighted by molar-refractivity contribution is 7.91. The fourth-order valence-corrected chi connectivity index (χ4v) is 3.53. The number of sulfone groups is 1. The van der Waals surface area contributed by atoms with Crippen molar-refractivity contribution in [2.24, 2.45) is 0 Å². The van der Waals surface area contributed by atoms with E-state index in [-0.39, 0.29) is 18.1 Å². The van der Waals surface area contributed by atoms with Gasteiger partial charge in [0, 0.05) is 19.5 Å². The molecule has 1 amide bonds. The number of nitrogens with zero attached hydrogens (tertiary/aromatic N) is 1. The predicted octanol–water partition coefficient (Wildman–Crippen LogP) is 3.59. The van der Waals surface area contributed by atoms with Crippen molar-refractivity contribution in [3.63, 3.8) is 0 Å². The van der Waals surface area contributed by atoms with Gasteiger partial charge in [0.2, 0.25) is 5.91 Å². The number of amides is 1. The zero-order chi connectivity index (χ0) is 17.3. The first-order valence-electron chi connectivity index (χ1n) is 8.48. The predicted molar refractivity (Wildman–Crippen MR) is 94.2 cm³/mol. The highest BCUT2D eigenvalue weighted by atomic mass is 32.2. The second-order valence-electron chi connectivity index (χ2n) is 5.97. The minimum Gasteiger partial charge on any atom is -0.343 e. The van der Waals surface area contributed by atoms with Gasteiger partial charge in [-0.05, 0) is 31.9 Å². The van der Waals surface area contributed by atoms with Gasteiger partial charge in [-0.3, -0.25) is 4.79 Å². The molecule has 23 heavy (non-hydrogen) atoms. The van der Waals surface area contributed by atoms with Gasteiger partial charge in [0.15, 0.2) is 9.84 Å². The number of carbonyl (C=O) groups is 1. The molecular formula is C18H29NO3S. The second-order valence-corrected chi connectivity index (χ2v) is 8.08. The number of hydrogen-bond donors (Lipinski definition) is 0. The van der Waals surface area contributed by atoms with E-state index in [1.807, 2.05) is 11.8 Å². The minimum atomic E-state index is -3.39. The summed E-state index contributed by atoms with van der Waals surface area (Å²) in [6.45, 7) is 7.54. The number of benzene rings is 1. The maximum Gasteiger partial charge on any atom is 0.223 e. The number of unbranched alkanes of at least 4 members (excludes halogenated alkanes) is 2. The third kappa shape index (κ3) is 6.73. The average molecular weight is 340 g/mol. The molecule has 5 heteroatoms. The van der Waals surface area contributed by atoms with Crippen LogP contribution in [0.5, 0.6) is 0 Å². The number of hydrogen-bond acceptors (Lipinski definition) is 3. The van der Waals surface area contributed by atoms with E-state index in [0.29, 0.717) is 4.90 Å². The molecule has 0 aliphatic heterocycles. The van der Waals surface area contributed by atoms with Crippen molar-refractivity contribution in [1.82, 2.24) is 4.90 Å². The van der Waals surface area contributed by atoms with Crippen LogP contribution in [0.15, 0.2) is 29.2 Å². The summed E-state index contributed by atoms with van der Waals surface area (Å²) in [5.41, 5.74) is 1.02. The van der Waals surface area contributed by atoms with Crippen LogP contribution in [0, 0.1) is 6.92 Å². The van der Waals surface area contributed by atoms with Gasteiger partial charge in [0.05, 0.1) is 10.6 Å². The summed E-state index contributed by atoms with van der Waals surface area (Å²) in [7, 11) is -3.39. The van der Waals surface area contributed by atoms with Gasteiger partial charge in [-0.25, -0.2) is 8.42 Å². The molecule has 0 N–H and O–H groups in total. The van der Waals surface area contributed by atoms with Crippen LogP contribution in [-0.4, -0.2) is 38.1 Å². The highest BCUT2D eigenvalue weighted by Crippen LogP contribution is 2.14. The Morgan fingerprint density at radius 1 is 1.00 bits per heavy atom. The Labute approximate surface area is 140 Å². The number of aryl methyl sites for hydroxylation is 1. The summed E-state index contributed by atoms with van der Waals surface area (Å²) in [5, 5.41) is 0. The van der Waals surface area contributed by atoms with Crippen LogP contribution >= 0.6 is 0 Å². The molecular weight excluding hydrogens is 310 g/mol. The maximum absolute atomic E-state index is 12.3. The van der Waals surface area contributed by atoms with Gasteiger partial charge in [-0.2, -0.15) is 0 Å². The summed E-state index contributed by atoms with van der Waals surface area (Å²) in [5.74, 6) is -0.175. The molecule has 0 atom stereocenters. The molecule has 1 aromatic carbocycles. The Balaban J connectivity index is 2.65. The summed E-state index contributed by atoms with van der Waals surface area (Å²) >= 11 is 0. The lowest BCUT2D eigenvalue weighted by Crippen LogP contribution is -2.34. The summed E-state index contributed by atoms with van der Waals surface area (Å²) < 4.78 is 24.7. The van der Waals surface area contributed by atoms with Crippen molar-refractivity contribution in [3.05, 3.63) is 29.8 Å². The van der Waals surface area contributed by atoms with E-state index in [9.17, 15) is 13.2 Å². The summed E-state index contributed by atoms with van der Waals surface area (Å²) in [4.78, 5) is 14.5. The maximum atomic E-state index is 12.3. The van der Waals surface area contributed by atoms with Gasteiger partial charge >= 0.3 is 0 Å². The van der Waals surface area contributed by atoms with Crippen LogP contribution in [-0.2, 0) is 14.6 Å². The molecule has 0 saturated heterocycles. The zero-order valence-electron chi connectivity index (χ0n) is 14.5. The quantitative estimate of drug-likeness (QED) is 0.654. The SMILES string of the molecule is CCCCN(CCCC)C(=O)CCS(=O)(=O)c1ccc(C)cc1. The van der Waals surface area contributed by atoms with Gasteiger partial charge in [0.25, 0.3) is 0 Å². The molecule has 0 fully saturated rings. The van der Waals surface area contributed by atoms with Crippen LogP contribution < -0.4 is 0 Å². The van der Waals surface area contributed by atoms with Crippen molar-refractivity contribution in [2.45, 2.75) is 57.8 Å². The van der Waals surface area contributed by atoms with Crippen molar-refractivity contribution in [3.8, 4) is 0 Å². The lowest BCUT2D eigenvalue weighted by molar-refractivity contribution is -0.130. The smallest absolute Gasteiger partial charge is 0.223 e. The Kier molecular flexibility index (Phi) is 8.31. The molecule has 0 bridgehead atoms. The van der Waals surface area contributed by atoms with Crippen LogP contribution in [0.2, 0.25) is 0 Å². The minimum absolute atomic E-state index is 0.0532. The monoisotopic (exact) mass is 339 g/mol. The third-order valence-electron chi connectivity index (χ3n) is 3.88. The van der Waals surface area contributed by atoms with Crippen molar-refractivity contribution >= 4 is 15.7 Å². The van der Waals surface area contributed by atoms with Crippen molar-refractivity contribution in [2.75, 3.05) is 18.8 Å². The highest BCUT2D eigenvalue weighted by Gasteiger charge is 2.19. The normalized spacial score (nSPS) is 11.4. The topological polar surface area (TPSA) is 54.5 Å². The van der Waals surface area contributed by atoms with E-state index in [1.54, 1.807) is 24.3 Å². The standard InChI is InChI=1S/C18H29NO3S/c1-4-6-13-19(14-7-5-2)18(20)12-15-23(21,22)17-10-8-16(3)9-11-17/h8-11H,4-7,12-15H2,1-3H3. The third-order valence-corrected chi connectivity index (χ3v) is 5.61. The molecule has 0 aliphatic carbocycles. The Morgan fingerprint density at radius 3 is 2.00 bits per heavy atom. The fourth-order valence-electron chi connectivity index (χ4n) is 2.30. The molecule has 0 radical (unpaired) electrons. The first kappa shape index (κ1) is 19.7. The summed E-state index contributed by atoms with van der Waals surface area (Å²) in [6, 6.07) is 6.79. The molecule has 0 aliphatic rings. The number of carbonyl (C=O) groups excluding carboxylic acids is 1. The Bertz CT molecular complexity index is 571. The zero-order valence-corrected chi connectivity index (χ0v) is 15.4. The second kappa shape index (κ2) is 9.71. The van der Waals surface area contributed by atoms with Gasteiger partial charge in [-0.1, -0.05) is 44.4 Å². The lowest BCUT2D eigenvalue weighted by Gasteiger charge is -2.22. The molecule has 4 nitrogen and oxygen atoms in total. The Morgan fingerprint density at radius 2 is 1.52 bits per heavy atom. The van der Waals surface area contributed by atoms with Crippen molar-refractivity contribution in [1.29, 1.82) is 0 Å². The van der Waals surface area contributed by atoms with Gasteiger partial charge in [-0.15, -0.1) is 0 Å². The molecule has 0 unspecified atom stereocenters.